The highest BCUT2D eigenvalue weighted by Crippen LogP contribution is 2.19. The number of carbonyl (C=O) groups excluding carboxylic acids is 2. The number of benzene rings is 1. The van der Waals surface area contributed by atoms with E-state index in [0.29, 0.717) is 19.5 Å². The number of hydrogen-bond acceptors (Lipinski definition) is 3. The van der Waals surface area contributed by atoms with Gasteiger partial charge in [-0.15, -0.1) is 0 Å². The summed E-state index contributed by atoms with van der Waals surface area (Å²) in [7, 11) is 0. The number of nitrogens with one attached hydrogen (secondary N) is 2. The number of amides is 3. The summed E-state index contributed by atoms with van der Waals surface area (Å²) in [4.78, 5) is 30.9. The SMILES string of the molecule is C[C@H](NC(=O)N1CCC[C@@H]1C(=O)NCc1cccnc1)c1ccccc1. The number of hydrogen-bond donors (Lipinski definition) is 2. The minimum absolute atomic E-state index is 0.108. The minimum Gasteiger partial charge on any atom is -0.350 e. The molecular weight excluding hydrogens is 328 g/mol. The smallest absolute Gasteiger partial charge is 0.318 e. The van der Waals surface area contributed by atoms with Crippen molar-refractivity contribution in [1.82, 2.24) is 20.5 Å². The highest BCUT2D eigenvalue weighted by Gasteiger charge is 2.34. The molecule has 1 saturated heterocycles. The van der Waals surface area contributed by atoms with Gasteiger partial charge in [0.25, 0.3) is 0 Å². The molecule has 0 unspecified atom stereocenters. The third-order valence-electron chi connectivity index (χ3n) is 4.65. The molecule has 2 atom stereocenters. The predicted octanol–water partition coefficient (Wildman–Crippen LogP) is 2.63. The molecule has 2 heterocycles. The van der Waals surface area contributed by atoms with Gasteiger partial charge in [-0.1, -0.05) is 36.4 Å². The summed E-state index contributed by atoms with van der Waals surface area (Å²) in [5, 5.41) is 5.90. The highest BCUT2D eigenvalue weighted by atomic mass is 16.2. The molecule has 1 aromatic carbocycles. The summed E-state index contributed by atoms with van der Waals surface area (Å²) < 4.78 is 0. The lowest BCUT2D eigenvalue weighted by Crippen LogP contribution is -2.49. The lowest BCUT2D eigenvalue weighted by atomic mass is 10.1. The van der Waals surface area contributed by atoms with Gasteiger partial charge in [-0.25, -0.2) is 4.79 Å². The lowest BCUT2D eigenvalue weighted by molar-refractivity contribution is -0.124. The van der Waals surface area contributed by atoms with Crippen LogP contribution in [-0.4, -0.2) is 34.4 Å². The molecule has 1 aliphatic heterocycles. The zero-order valence-electron chi connectivity index (χ0n) is 14.9. The number of rotatable bonds is 5. The Morgan fingerprint density at radius 1 is 1.23 bits per heavy atom. The van der Waals surface area contributed by atoms with Crippen molar-refractivity contribution in [1.29, 1.82) is 0 Å². The van der Waals surface area contributed by atoms with Crippen LogP contribution in [-0.2, 0) is 11.3 Å². The van der Waals surface area contributed by atoms with Gasteiger partial charge < -0.3 is 15.5 Å². The Kier molecular flexibility index (Phi) is 5.84. The van der Waals surface area contributed by atoms with E-state index in [1.54, 1.807) is 17.3 Å². The van der Waals surface area contributed by atoms with Crippen LogP contribution in [0, 0.1) is 0 Å². The first kappa shape index (κ1) is 17.9. The van der Waals surface area contributed by atoms with Crippen LogP contribution in [0.15, 0.2) is 54.9 Å². The molecule has 6 nitrogen and oxygen atoms in total. The topological polar surface area (TPSA) is 74.3 Å². The Bertz CT molecular complexity index is 736. The van der Waals surface area contributed by atoms with Crippen LogP contribution < -0.4 is 10.6 Å². The Hall–Kier alpha value is -2.89. The van der Waals surface area contributed by atoms with E-state index in [-0.39, 0.29) is 18.0 Å². The van der Waals surface area contributed by atoms with E-state index in [1.807, 2.05) is 49.4 Å². The van der Waals surface area contributed by atoms with E-state index in [2.05, 4.69) is 15.6 Å². The van der Waals surface area contributed by atoms with Gasteiger partial charge in [0.1, 0.15) is 6.04 Å². The Morgan fingerprint density at radius 2 is 2.04 bits per heavy atom. The molecule has 3 amide bonds. The van der Waals surface area contributed by atoms with E-state index >= 15 is 0 Å². The lowest BCUT2D eigenvalue weighted by Gasteiger charge is -2.26. The van der Waals surface area contributed by atoms with Crippen molar-refractivity contribution in [3.63, 3.8) is 0 Å². The van der Waals surface area contributed by atoms with Crippen molar-refractivity contribution < 1.29 is 9.59 Å². The number of pyridine rings is 1. The van der Waals surface area contributed by atoms with Crippen LogP contribution in [0.3, 0.4) is 0 Å². The van der Waals surface area contributed by atoms with Crippen LogP contribution in [0.25, 0.3) is 0 Å². The molecule has 6 heteroatoms. The third kappa shape index (κ3) is 4.39. The first-order valence-corrected chi connectivity index (χ1v) is 8.94. The first-order valence-electron chi connectivity index (χ1n) is 8.94. The van der Waals surface area contributed by atoms with Crippen LogP contribution >= 0.6 is 0 Å². The summed E-state index contributed by atoms with van der Waals surface area (Å²) >= 11 is 0. The van der Waals surface area contributed by atoms with E-state index in [0.717, 1.165) is 17.5 Å². The summed E-state index contributed by atoms with van der Waals surface area (Å²) in [5.41, 5.74) is 1.98. The zero-order valence-corrected chi connectivity index (χ0v) is 14.9. The zero-order chi connectivity index (χ0) is 18.4. The van der Waals surface area contributed by atoms with Crippen molar-refractivity contribution in [2.75, 3.05) is 6.54 Å². The quantitative estimate of drug-likeness (QED) is 0.869. The molecule has 136 valence electrons. The molecule has 2 N–H and O–H groups in total. The van der Waals surface area contributed by atoms with Gasteiger partial charge in [0, 0.05) is 25.5 Å². The van der Waals surface area contributed by atoms with Crippen molar-refractivity contribution >= 4 is 11.9 Å². The van der Waals surface area contributed by atoms with E-state index in [9.17, 15) is 9.59 Å². The third-order valence-corrected chi connectivity index (χ3v) is 4.65. The van der Waals surface area contributed by atoms with Gasteiger partial charge in [-0.05, 0) is 37.0 Å². The normalized spacial score (nSPS) is 17.6. The van der Waals surface area contributed by atoms with Gasteiger partial charge >= 0.3 is 6.03 Å². The molecule has 0 radical (unpaired) electrons. The largest absolute Gasteiger partial charge is 0.350 e. The second kappa shape index (κ2) is 8.47. The van der Waals surface area contributed by atoms with Crippen LogP contribution in [0.1, 0.15) is 36.9 Å². The molecule has 1 fully saturated rings. The van der Waals surface area contributed by atoms with Crippen molar-refractivity contribution in [3.8, 4) is 0 Å². The number of urea groups is 1. The van der Waals surface area contributed by atoms with Gasteiger partial charge in [0.15, 0.2) is 0 Å². The summed E-state index contributed by atoms with van der Waals surface area (Å²) in [5.74, 6) is -0.117. The number of carbonyl (C=O) groups is 2. The second-order valence-electron chi connectivity index (χ2n) is 6.51. The summed E-state index contributed by atoms with van der Waals surface area (Å²) in [6, 6.07) is 12.8. The molecule has 0 spiro atoms. The van der Waals surface area contributed by atoms with Crippen molar-refractivity contribution in [2.24, 2.45) is 0 Å². The van der Waals surface area contributed by atoms with Crippen molar-refractivity contribution in [2.45, 2.75) is 38.4 Å². The van der Waals surface area contributed by atoms with Crippen LogP contribution in [0.4, 0.5) is 4.79 Å². The number of aromatic nitrogens is 1. The molecule has 0 bridgehead atoms. The summed E-state index contributed by atoms with van der Waals surface area (Å²) in [6.45, 7) is 2.96. The molecule has 1 aliphatic rings. The number of nitrogens with zero attached hydrogens (tertiary/aromatic N) is 2. The monoisotopic (exact) mass is 352 g/mol. The maximum atomic E-state index is 12.6. The molecule has 0 aliphatic carbocycles. The molecule has 3 rings (SSSR count). The standard InChI is InChI=1S/C20H24N4O2/c1-15(17-8-3-2-4-9-17)23-20(26)24-12-6-10-18(24)19(25)22-14-16-7-5-11-21-13-16/h2-5,7-9,11,13,15,18H,6,10,12,14H2,1H3,(H,22,25)(H,23,26)/t15-,18+/m0/s1. The van der Waals surface area contributed by atoms with Crippen LogP contribution in [0.2, 0.25) is 0 Å². The average Bonchev–Trinajstić information content (AvgIpc) is 3.17. The predicted molar refractivity (Wildman–Crippen MR) is 99.2 cm³/mol. The van der Waals surface area contributed by atoms with Gasteiger partial charge in [0.05, 0.1) is 6.04 Å². The van der Waals surface area contributed by atoms with E-state index in [4.69, 9.17) is 0 Å². The average molecular weight is 352 g/mol. The minimum atomic E-state index is -0.422. The van der Waals surface area contributed by atoms with Gasteiger partial charge in [-0.3, -0.25) is 9.78 Å². The molecule has 2 aromatic rings. The molecular formula is C20H24N4O2. The highest BCUT2D eigenvalue weighted by molar-refractivity contribution is 5.87. The van der Waals surface area contributed by atoms with Gasteiger partial charge in [0.2, 0.25) is 5.91 Å². The summed E-state index contributed by atoms with van der Waals surface area (Å²) in [6.07, 6.45) is 4.94. The Labute approximate surface area is 153 Å². The van der Waals surface area contributed by atoms with Gasteiger partial charge in [-0.2, -0.15) is 0 Å². The maximum absolute atomic E-state index is 12.6. The van der Waals surface area contributed by atoms with Crippen LogP contribution in [0.5, 0.6) is 0 Å². The fourth-order valence-electron chi connectivity index (χ4n) is 3.19. The second-order valence-corrected chi connectivity index (χ2v) is 6.51. The fraction of sp³-hybridized carbons (Fsp3) is 0.350. The Morgan fingerprint density at radius 3 is 2.77 bits per heavy atom. The fourth-order valence-corrected chi connectivity index (χ4v) is 3.19. The first-order chi connectivity index (χ1) is 12.6. The van der Waals surface area contributed by atoms with E-state index < -0.39 is 6.04 Å². The van der Waals surface area contributed by atoms with E-state index in [1.165, 1.54) is 0 Å². The Balaban J connectivity index is 1.56. The molecule has 0 saturated carbocycles. The van der Waals surface area contributed by atoms with Crippen molar-refractivity contribution in [3.05, 3.63) is 66.0 Å². The maximum Gasteiger partial charge on any atom is 0.318 e. The number of likely N-dealkylation sites (tertiary alicyclic amines) is 1. The molecule has 26 heavy (non-hydrogen) atoms. The molecule has 1 aromatic heterocycles.